The summed E-state index contributed by atoms with van der Waals surface area (Å²) in [5, 5.41) is 11.1. The zero-order valence-electron chi connectivity index (χ0n) is 18.4. The smallest absolute Gasteiger partial charge is 0.246 e. The number of rotatable bonds is 7. The van der Waals surface area contributed by atoms with Crippen molar-refractivity contribution in [2.45, 2.75) is 26.1 Å². The summed E-state index contributed by atoms with van der Waals surface area (Å²) in [5.74, 6) is 0.582. The van der Waals surface area contributed by atoms with Crippen LogP contribution in [0.5, 0.6) is 11.5 Å². The summed E-state index contributed by atoms with van der Waals surface area (Å²) < 4.78 is 12.2. The largest absolute Gasteiger partial charge is 0.454 e. The Labute approximate surface area is 195 Å². The molecule has 1 unspecified atom stereocenters. The van der Waals surface area contributed by atoms with Crippen LogP contribution in [0, 0.1) is 0 Å². The summed E-state index contributed by atoms with van der Waals surface area (Å²) >= 11 is 0. The number of carbonyl (C=O) groups is 2. The molecule has 2 amide bonds. The second kappa shape index (κ2) is 9.18. The molecule has 5 rings (SSSR count). The van der Waals surface area contributed by atoms with Crippen molar-refractivity contribution in [3.63, 3.8) is 0 Å². The minimum atomic E-state index is -0.770. The van der Waals surface area contributed by atoms with Crippen LogP contribution >= 0.6 is 0 Å². The molecule has 1 N–H and O–H groups in total. The van der Waals surface area contributed by atoms with E-state index in [1.807, 2.05) is 30.3 Å². The normalized spacial score (nSPS) is 13.0. The van der Waals surface area contributed by atoms with Crippen LogP contribution in [-0.4, -0.2) is 49.5 Å². The molecule has 1 atom stereocenters. The highest BCUT2D eigenvalue weighted by Gasteiger charge is 2.27. The molecule has 3 heterocycles. The zero-order valence-corrected chi connectivity index (χ0v) is 18.4. The van der Waals surface area contributed by atoms with Crippen molar-refractivity contribution in [3.8, 4) is 11.5 Å². The van der Waals surface area contributed by atoms with Crippen LogP contribution in [0.2, 0.25) is 0 Å². The highest BCUT2D eigenvalue weighted by atomic mass is 16.7. The van der Waals surface area contributed by atoms with Crippen LogP contribution < -0.4 is 14.8 Å². The van der Waals surface area contributed by atoms with Crippen LogP contribution in [0.1, 0.15) is 12.5 Å². The van der Waals surface area contributed by atoms with Gasteiger partial charge in [-0.05, 0) is 42.8 Å². The number of fused-ring (bicyclic) bond motifs is 2. The number of nitrogens with one attached hydrogen (secondary N) is 1. The predicted octanol–water partition coefficient (Wildman–Crippen LogP) is 2.61. The Hall–Kier alpha value is -4.47. The maximum atomic E-state index is 13.4. The van der Waals surface area contributed by atoms with E-state index in [4.69, 9.17) is 9.47 Å². The maximum Gasteiger partial charge on any atom is 0.246 e. The molecule has 2 aromatic heterocycles. The minimum absolute atomic E-state index is 0.0532. The molecule has 0 fully saturated rings. The summed E-state index contributed by atoms with van der Waals surface area (Å²) in [4.78, 5) is 32.2. The third-order valence-corrected chi connectivity index (χ3v) is 5.59. The number of aromatic nitrogens is 4. The Morgan fingerprint density at radius 2 is 1.97 bits per heavy atom. The second-order valence-corrected chi connectivity index (χ2v) is 7.85. The van der Waals surface area contributed by atoms with Crippen LogP contribution in [0.25, 0.3) is 11.0 Å². The van der Waals surface area contributed by atoms with Gasteiger partial charge in [-0.1, -0.05) is 23.4 Å². The van der Waals surface area contributed by atoms with Gasteiger partial charge >= 0.3 is 0 Å². The van der Waals surface area contributed by atoms with E-state index in [-0.39, 0.29) is 31.7 Å². The molecule has 0 aliphatic carbocycles. The quantitative estimate of drug-likeness (QED) is 0.453. The summed E-state index contributed by atoms with van der Waals surface area (Å²) in [6.45, 7) is 2.00. The lowest BCUT2D eigenvalue weighted by atomic mass is 10.2. The molecule has 0 spiro atoms. The fourth-order valence-corrected chi connectivity index (χ4v) is 3.75. The molecule has 1 aliphatic heterocycles. The van der Waals surface area contributed by atoms with Gasteiger partial charge < -0.3 is 19.7 Å². The van der Waals surface area contributed by atoms with Crippen LogP contribution in [-0.2, 0) is 22.7 Å². The Bertz CT molecular complexity index is 1340. The van der Waals surface area contributed by atoms with E-state index in [2.05, 4.69) is 20.6 Å². The van der Waals surface area contributed by atoms with Crippen LogP contribution in [0.4, 0.5) is 5.69 Å². The fraction of sp³-hybridized carbons (Fsp3) is 0.208. The monoisotopic (exact) mass is 458 g/mol. The zero-order chi connectivity index (χ0) is 23.5. The first-order valence-corrected chi connectivity index (χ1v) is 10.8. The number of nitrogens with zero attached hydrogens (tertiary/aromatic N) is 5. The highest BCUT2D eigenvalue weighted by molar-refractivity contribution is 5.97. The molecule has 0 bridgehead atoms. The first kappa shape index (κ1) is 21.4. The lowest BCUT2D eigenvalue weighted by molar-refractivity contribution is -0.139. The number of ether oxygens (including phenoxy) is 2. The number of pyridine rings is 1. The van der Waals surface area contributed by atoms with E-state index in [9.17, 15) is 9.59 Å². The number of hydrogen-bond donors (Lipinski definition) is 1. The number of benzene rings is 2. The molecule has 1 aliphatic rings. The molecule has 0 saturated heterocycles. The summed E-state index contributed by atoms with van der Waals surface area (Å²) in [6.07, 6.45) is 3.33. The second-order valence-electron chi connectivity index (χ2n) is 7.85. The van der Waals surface area contributed by atoms with E-state index >= 15 is 0 Å². The standard InChI is InChI=1S/C24H22N6O4/c1-16(24(32)26-18-8-9-21-22(11-18)34-15-33-21)29(13-17-5-4-10-25-12-17)23(31)14-30-20-7-3-2-6-19(20)27-28-30/h2-12,16H,13-15H2,1H3,(H,26,32). The fourth-order valence-electron chi connectivity index (χ4n) is 3.75. The Morgan fingerprint density at radius 3 is 2.82 bits per heavy atom. The number of anilines is 1. The topological polar surface area (TPSA) is 111 Å². The first-order valence-electron chi connectivity index (χ1n) is 10.8. The van der Waals surface area contributed by atoms with Crippen molar-refractivity contribution < 1.29 is 19.1 Å². The Balaban J connectivity index is 1.37. The van der Waals surface area contributed by atoms with Gasteiger partial charge in [0.15, 0.2) is 11.5 Å². The summed E-state index contributed by atoms with van der Waals surface area (Å²) in [5.41, 5.74) is 2.80. The molecule has 4 aromatic rings. The van der Waals surface area contributed by atoms with Gasteiger partial charge in [0.25, 0.3) is 0 Å². The van der Waals surface area contributed by atoms with Gasteiger partial charge in [0.1, 0.15) is 18.1 Å². The number of hydrogen-bond acceptors (Lipinski definition) is 7. The Kier molecular flexibility index (Phi) is 5.77. The third-order valence-electron chi connectivity index (χ3n) is 5.59. The van der Waals surface area contributed by atoms with Crippen LogP contribution in [0.15, 0.2) is 67.0 Å². The van der Waals surface area contributed by atoms with Gasteiger partial charge in [-0.15, -0.1) is 5.10 Å². The minimum Gasteiger partial charge on any atom is -0.454 e. The number of para-hydroxylation sites is 1. The molecule has 10 nitrogen and oxygen atoms in total. The molecular weight excluding hydrogens is 436 g/mol. The average molecular weight is 458 g/mol. The first-order chi connectivity index (χ1) is 16.6. The van der Waals surface area contributed by atoms with Gasteiger partial charge in [0.05, 0.1) is 5.52 Å². The van der Waals surface area contributed by atoms with E-state index in [0.29, 0.717) is 22.7 Å². The molecule has 0 saturated carbocycles. The SMILES string of the molecule is CC(C(=O)Nc1ccc2c(c1)OCO2)N(Cc1cccnc1)C(=O)Cn1nnc2ccccc21. The van der Waals surface area contributed by atoms with Crippen molar-refractivity contribution in [2.24, 2.45) is 0 Å². The van der Waals surface area contributed by atoms with Gasteiger partial charge in [-0.3, -0.25) is 14.6 Å². The number of carbonyl (C=O) groups excluding carboxylic acids is 2. The van der Waals surface area contributed by atoms with E-state index < -0.39 is 6.04 Å². The molecule has 2 aromatic carbocycles. The van der Waals surface area contributed by atoms with E-state index in [1.54, 1.807) is 43.6 Å². The molecule has 34 heavy (non-hydrogen) atoms. The molecule has 0 radical (unpaired) electrons. The van der Waals surface area contributed by atoms with Gasteiger partial charge in [0.2, 0.25) is 18.6 Å². The van der Waals surface area contributed by atoms with Gasteiger partial charge in [-0.2, -0.15) is 0 Å². The molecular formula is C24H22N6O4. The Morgan fingerprint density at radius 1 is 1.12 bits per heavy atom. The van der Waals surface area contributed by atoms with Gasteiger partial charge in [-0.25, -0.2) is 4.68 Å². The number of amides is 2. The lowest BCUT2D eigenvalue weighted by Crippen LogP contribution is -2.46. The molecule has 10 heteroatoms. The van der Waals surface area contributed by atoms with Crippen molar-refractivity contribution in [3.05, 3.63) is 72.6 Å². The third kappa shape index (κ3) is 4.38. The summed E-state index contributed by atoms with van der Waals surface area (Å²) in [6, 6.07) is 15.4. The average Bonchev–Trinajstić information content (AvgIpc) is 3.49. The van der Waals surface area contributed by atoms with E-state index in [0.717, 1.165) is 11.1 Å². The summed E-state index contributed by atoms with van der Waals surface area (Å²) in [7, 11) is 0. The van der Waals surface area contributed by atoms with Gasteiger partial charge in [0, 0.05) is 30.7 Å². The van der Waals surface area contributed by atoms with E-state index in [1.165, 1.54) is 9.58 Å². The maximum absolute atomic E-state index is 13.4. The van der Waals surface area contributed by atoms with Crippen LogP contribution in [0.3, 0.4) is 0 Å². The lowest BCUT2D eigenvalue weighted by Gasteiger charge is -2.28. The van der Waals surface area contributed by atoms with Crippen molar-refractivity contribution >= 4 is 28.5 Å². The van der Waals surface area contributed by atoms with Crippen molar-refractivity contribution in [2.75, 3.05) is 12.1 Å². The molecule has 172 valence electrons. The van der Waals surface area contributed by atoms with Crippen molar-refractivity contribution in [1.82, 2.24) is 24.9 Å². The highest BCUT2D eigenvalue weighted by Crippen LogP contribution is 2.34. The predicted molar refractivity (Wildman–Crippen MR) is 123 cm³/mol. The van der Waals surface area contributed by atoms with Crippen molar-refractivity contribution in [1.29, 1.82) is 0 Å².